The van der Waals surface area contributed by atoms with Gasteiger partial charge in [-0.3, -0.25) is 9.78 Å². The number of carbonyl (C=O) groups excluding carboxylic acids is 1. The zero-order valence-electron chi connectivity index (χ0n) is 13.6. The number of nitrogens with zero attached hydrogens (tertiary/aromatic N) is 1. The molecule has 0 atom stereocenters. The minimum absolute atomic E-state index is 0.0543. The maximum atomic E-state index is 12.2. The van der Waals surface area contributed by atoms with E-state index >= 15 is 0 Å². The standard InChI is InChI=1S/C20H16N2O3/c1-13(14-8-9-17-15(12-14)5-4-10-21-17)11-19(23)22-18-7-3-2-6-16(18)20(24)25/h2-12H,1H3,(H,22,23)(H,24,25). The lowest BCUT2D eigenvalue weighted by Crippen LogP contribution is -2.12. The summed E-state index contributed by atoms with van der Waals surface area (Å²) < 4.78 is 0. The fourth-order valence-electron chi connectivity index (χ4n) is 2.55. The quantitative estimate of drug-likeness (QED) is 0.708. The van der Waals surface area contributed by atoms with E-state index in [4.69, 9.17) is 5.11 Å². The molecule has 0 aliphatic rings. The van der Waals surface area contributed by atoms with Gasteiger partial charge in [0.25, 0.3) is 0 Å². The zero-order valence-corrected chi connectivity index (χ0v) is 13.6. The fourth-order valence-corrected chi connectivity index (χ4v) is 2.55. The van der Waals surface area contributed by atoms with Gasteiger partial charge in [0.15, 0.2) is 0 Å². The van der Waals surface area contributed by atoms with Crippen molar-refractivity contribution < 1.29 is 14.7 Å². The number of para-hydroxylation sites is 1. The Morgan fingerprint density at radius 3 is 2.68 bits per heavy atom. The van der Waals surface area contributed by atoms with Crippen LogP contribution in [0.3, 0.4) is 0 Å². The number of carboxylic acids is 1. The highest BCUT2D eigenvalue weighted by Crippen LogP contribution is 2.20. The average molecular weight is 332 g/mol. The van der Waals surface area contributed by atoms with Crippen molar-refractivity contribution in [2.75, 3.05) is 5.32 Å². The smallest absolute Gasteiger partial charge is 0.337 e. The largest absolute Gasteiger partial charge is 0.478 e. The molecular formula is C20H16N2O3. The number of pyridine rings is 1. The molecular weight excluding hydrogens is 316 g/mol. The second-order valence-electron chi connectivity index (χ2n) is 5.58. The Kier molecular flexibility index (Phi) is 4.57. The minimum atomic E-state index is -1.08. The lowest BCUT2D eigenvalue weighted by molar-refractivity contribution is -0.111. The number of amides is 1. The molecule has 1 aromatic heterocycles. The summed E-state index contributed by atoms with van der Waals surface area (Å²) in [6.07, 6.45) is 3.19. The van der Waals surface area contributed by atoms with Crippen molar-refractivity contribution in [3.63, 3.8) is 0 Å². The molecule has 5 nitrogen and oxygen atoms in total. The number of anilines is 1. The van der Waals surface area contributed by atoms with Gasteiger partial charge in [-0.05, 0) is 48.4 Å². The van der Waals surface area contributed by atoms with Gasteiger partial charge >= 0.3 is 5.97 Å². The van der Waals surface area contributed by atoms with Crippen molar-refractivity contribution in [2.45, 2.75) is 6.92 Å². The second kappa shape index (κ2) is 6.97. The molecule has 0 fully saturated rings. The first kappa shape index (κ1) is 16.4. The van der Waals surface area contributed by atoms with Crippen molar-refractivity contribution in [3.05, 3.63) is 78.0 Å². The monoisotopic (exact) mass is 332 g/mol. The summed E-state index contributed by atoms with van der Waals surface area (Å²) in [7, 11) is 0. The molecule has 2 aromatic carbocycles. The first-order chi connectivity index (χ1) is 12.0. The molecule has 0 radical (unpaired) electrons. The number of benzene rings is 2. The highest BCUT2D eigenvalue weighted by molar-refractivity contribution is 6.07. The summed E-state index contributed by atoms with van der Waals surface area (Å²) in [6.45, 7) is 1.83. The van der Waals surface area contributed by atoms with Crippen molar-refractivity contribution in [1.29, 1.82) is 0 Å². The van der Waals surface area contributed by atoms with Crippen LogP contribution >= 0.6 is 0 Å². The number of aromatic carboxylic acids is 1. The van der Waals surface area contributed by atoms with Gasteiger partial charge in [0, 0.05) is 17.7 Å². The summed E-state index contributed by atoms with van der Waals surface area (Å²) in [5.41, 5.74) is 2.89. The fraction of sp³-hybridized carbons (Fsp3) is 0.0500. The summed E-state index contributed by atoms with van der Waals surface area (Å²) in [5.74, 6) is -1.46. The molecule has 124 valence electrons. The number of nitrogens with one attached hydrogen (secondary N) is 1. The number of allylic oxidation sites excluding steroid dienone is 1. The van der Waals surface area contributed by atoms with E-state index < -0.39 is 5.97 Å². The summed E-state index contributed by atoms with van der Waals surface area (Å²) in [5, 5.41) is 12.8. The molecule has 3 aromatic rings. The first-order valence-electron chi connectivity index (χ1n) is 7.71. The molecule has 3 rings (SSSR count). The molecule has 0 aliphatic heterocycles. The van der Waals surface area contributed by atoms with Crippen molar-refractivity contribution in [1.82, 2.24) is 4.98 Å². The number of rotatable bonds is 4. The Bertz CT molecular complexity index is 993. The van der Waals surface area contributed by atoms with Crippen molar-refractivity contribution >= 4 is 34.0 Å². The van der Waals surface area contributed by atoms with Crippen LogP contribution in [0.2, 0.25) is 0 Å². The molecule has 5 heteroatoms. The topological polar surface area (TPSA) is 79.3 Å². The van der Waals surface area contributed by atoms with E-state index in [0.717, 1.165) is 22.0 Å². The van der Waals surface area contributed by atoms with Crippen LogP contribution in [0, 0.1) is 0 Å². The highest BCUT2D eigenvalue weighted by atomic mass is 16.4. The molecule has 0 unspecified atom stereocenters. The van der Waals surface area contributed by atoms with Crippen LogP contribution in [-0.2, 0) is 4.79 Å². The molecule has 1 heterocycles. The van der Waals surface area contributed by atoms with Crippen LogP contribution in [0.25, 0.3) is 16.5 Å². The lowest BCUT2D eigenvalue weighted by Gasteiger charge is -2.07. The molecule has 0 bridgehead atoms. The third kappa shape index (κ3) is 3.72. The maximum absolute atomic E-state index is 12.2. The van der Waals surface area contributed by atoms with Gasteiger partial charge in [-0.2, -0.15) is 0 Å². The molecule has 25 heavy (non-hydrogen) atoms. The number of carbonyl (C=O) groups is 2. The van der Waals surface area contributed by atoms with Gasteiger partial charge in [0.05, 0.1) is 16.8 Å². The van der Waals surface area contributed by atoms with Gasteiger partial charge in [0.2, 0.25) is 5.91 Å². The van der Waals surface area contributed by atoms with E-state index in [0.29, 0.717) is 0 Å². The highest BCUT2D eigenvalue weighted by Gasteiger charge is 2.11. The molecule has 0 saturated carbocycles. The van der Waals surface area contributed by atoms with E-state index in [-0.39, 0.29) is 17.2 Å². The van der Waals surface area contributed by atoms with E-state index in [2.05, 4.69) is 10.3 Å². The number of hydrogen-bond acceptors (Lipinski definition) is 3. The van der Waals surface area contributed by atoms with Crippen molar-refractivity contribution in [3.8, 4) is 0 Å². The van der Waals surface area contributed by atoms with Crippen LogP contribution in [0.4, 0.5) is 5.69 Å². The third-order valence-corrected chi connectivity index (χ3v) is 3.82. The molecule has 0 spiro atoms. The van der Waals surface area contributed by atoms with E-state index in [1.54, 1.807) is 24.4 Å². The van der Waals surface area contributed by atoms with E-state index in [1.165, 1.54) is 12.1 Å². The van der Waals surface area contributed by atoms with Crippen LogP contribution in [0.5, 0.6) is 0 Å². The van der Waals surface area contributed by atoms with E-state index in [1.807, 2.05) is 37.3 Å². The Labute approximate surface area is 144 Å². The van der Waals surface area contributed by atoms with Gasteiger partial charge in [-0.25, -0.2) is 4.79 Å². The Morgan fingerprint density at radius 1 is 1.08 bits per heavy atom. The zero-order chi connectivity index (χ0) is 17.8. The first-order valence-corrected chi connectivity index (χ1v) is 7.71. The minimum Gasteiger partial charge on any atom is -0.478 e. The van der Waals surface area contributed by atoms with Gasteiger partial charge in [-0.1, -0.05) is 24.3 Å². The average Bonchev–Trinajstić information content (AvgIpc) is 2.61. The summed E-state index contributed by atoms with van der Waals surface area (Å²) in [4.78, 5) is 27.7. The van der Waals surface area contributed by atoms with Gasteiger partial charge in [-0.15, -0.1) is 0 Å². The normalized spacial score (nSPS) is 11.3. The Hall–Kier alpha value is -3.47. The number of hydrogen-bond donors (Lipinski definition) is 2. The van der Waals surface area contributed by atoms with Crippen LogP contribution in [-0.4, -0.2) is 22.0 Å². The predicted molar refractivity (Wildman–Crippen MR) is 97.4 cm³/mol. The number of aromatic nitrogens is 1. The molecule has 1 amide bonds. The Morgan fingerprint density at radius 2 is 1.88 bits per heavy atom. The Balaban J connectivity index is 1.84. The van der Waals surface area contributed by atoms with Gasteiger partial charge < -0.3 is 10.4 Å². The maximum Gasteiger partial charge on any atom is 0.337 e. The lowest BCUT2D eigenvalue weighted by atomic mass is 10.0. The summed E-state index contributed by atoms with van der Waals surface area (Å²) in [6, 6.07) is 15.9. The number of fused-ring (bicyclic) bond motifs is 1. The van der Waals surface area contributed by atoms with Crippen molar-refractivity contribution in [2.24, 2.45) is 0 Å². The second-order valence-corrected chi connectivity index (χ2v) is 5.58. The third-order valence-electron chi connectivity index (χ3n) is 3.82. The SMILES string of the molecule is CC(=CC(=O)Nc1ccccc1C(=O)O)c1ccc2ncccc2c1. The van der Waals surface area contributed by atoms with E-state index in [9.17, 15) is 9.59 Å². The summed E-state index contributed by atoms with van der Waals surface area (Å²) >= 11 is 0. The molecule has 2 N–H and O–H groups in total. The molecule has 0 saturated heterocycles. The van der Waals surface area contributed by atoms with Gasteiger partial charge in [0.1, 0.15) is 0 Å². The van der Waals surface area contributed by atoms with Crippen LogP contribution in [0.1, 0.15) is 22.8 Å². The van der Waals surface area contributed by atoms with Crippen LogP contribution < -0.4 is 5.32 Å². The molecule has 0 aliphatic carbocycles. The predicted octanol–water partition coefficient (Wildman–Crippen LogP) is 3.98. The number of carboxylic acid groups (broad SMARTS) is 1. The van der Waals surface area contributed by atoms with Crippen LogP contribution in [0.15, 0.2) is 66.9 Å².